The largest absolute Gasteiger partial charge is 0.354 e. The molecule has 1 aliphatic carbocycles. The van der Waals surface area contributed by atoms with E-state index in [0.717, 1.165) is 44.0 Å². The van der Waals surface area contributed by atoms with E-state index in [-0.39, 0.29) is 11.9 Å². The molecule has 1 fully saturated rings. The summed E-state index contributed by atoms with van der Waals surface area (Å²) < 4.78 is 0. The van der Waals surface area contributed by atoms with E-state index in [1.807, 2.05) is 6.92 Å². The summed E-state index contributed by atoms with van der Waals surface area (Å²) >= 11 is 0. The number of anilines is 1. The minimum Gasteiger partial charge on any atom is -0.354 e. The van der Waals surface area contributed by atoms with E-state index in [1.54, 1.807) is 6.92 Å². The number of amides is 1. The Morgan fingerprint density at radius 1 is 1.30 bits per heavy atom. The number of nitrogens with zero attached hydrogens (tertiary/aromatic N) is 3. The summed E-state index contributed by atoms with van der Waals surface area (Å²) in [5.74, 6) is 2.03. The molecule has 2 heterocycles. The van der Waals surface area contributed by atoms with Crippen LogP contribution >= 0.6 is 0 Å². The molecule has 5 heteroatoms. The molecule has 1 amide bonds. The van der Waals surface area contributed by atoms with Gasteiger partial charge in [-0.2, -0.15) is 0 Å². The van der Waals surface area contributed by atoms with Crippen molar-refractivity contribution in [1.82, 2.24) is 15.3 Å². The van der Waals surface area contributed by atoms with Crippen LogP contribution in [-0.4, -0.2) is 35.0 Å². The average molecular weight is 274 g/mol. The molecule has 5 nitrogen and oxygen atoms in total. The fraction of sp³-hybridized carbons (Fsp3) is 0.667. The predicted octanol–water partition coefficient (Wildman–Crippen LogP) is 1.38. The zero-order valence-electron chi connectivity index (χ0n) is 12.3. The lowest BCUT2D eigenvalue weighted by atomic mass is 9.96. The van der Waals surface area contributed by atoms with Gasteiger partial charge in [-0.15, -0.1) is 0 Å². The van der Waals surface area contributed by atoms with E-state index in [9.17, 15) is 4.79 Å². The number of fused-ring (bicyclic) bond motifs is 1. The summed E-state index contributed by atoms with van der Waals surface area (Å²) in [4.78, 5) is 22.8. The monoisotopic (exact) mass is 274 g/mol. The number of carbonyl (C=O) groups is 1. The van der Waals surface area contributed by atoms with E-state index in [4.69, 9.17) is 0 Å². The van der Waals surface area contributed by atoms with Crippen LogP contribution in [0, 0.1) is 6.92 Å². The lowest BCUT2D eigenvalue weighted by Crippen LogP contribution is -2.36. The number of nitrogens with one attached hydrogen (secondary N) is 1. The summed E-state index contributed by atoms with van der Waals surface area (Å²) in [7, 11) is 0. The van der Waals surface area contributed by atoms with Crippen LogP contribution in [0.5, 0.6) is 0 Å². The minimum atomic E-state index is 0.0535. The molecule has 0 aromatic carbocycles. The second-order valence-electron chi connectivity index (χ2n) is 5.86. The van der Waals surface area contributed by atoms with Gasteiger partial charge in [0.1, 0.15) is 11.6 Å². The van der Waals surface area contributed by atoms with Crippen molar-refractivity contribution >= 4 is 11.7 Å². The van der Waals surface area contributed by atoms with Gasteiger partial charge in [0, 0.05) is 37.3 Å². The zero-order chi connectivity index (χ0) is 14.1. The molecule has 108 valence electrons. The first-order valence-corrected chi connectivity index (χ1v) is 7.52. The zero-order valence-corrected chi connectivity index (χ0v) is 12.3. The molecule has 1 aromatic heterocycles. The van der Waals surface area contributed by atoms with Crippen LogP contribution in [0.15, 0.2) is 0 Å². The van der Waals surface area contributed by atoms with E-state index >= 15 is 0 Å². The molecule has 20 heavy (non-hydrogen) atoms. The molecule has 2 aliphatic rings. The van der Waals surface area contributed by atoms with Crippen LogP contribution in [0.2, 0.25) is 0 Å². The van der Waals surface area contributed by atoms with Crippen molar-refractivity contribution in [3.05, 3.63) is 17.1 Å². The Morgan fingerprint density at radius 3 is 2.90 bits per heavy atom. The molecule has 1 aromatic rings. The molecule has 1 saturated heterocycles. The first kappa shape index (κ1) is 13.3. The van der Waals surface area contributed by atoms with Gasteiger partial charge >= 0.3 is 0 Å². The summed E-state index contributed by atoms with van der Waals surface area (Å²) in [6.07, 6.45) is 5.63. The quantitative estimate of drug-likeness (QED) is 0.885. The predicted molar refractivity (Wildman–Crippen MR) is 77.8 cm³/mol. The van der Waals surface area contributed by atoms with Crippen LogP contribution in [0.1, 0.15) is 43.3 Å². The third kappa shape index (κ3) is 2.62. The number of hydrogen-bond donors (Lipinski definition) is 1. The Morgan fingerprint density at radius 2 is 2.10 bits per heavy atom. The van der Waals surface area contributed by atoms with E-state index in [1.165, 1.54) is 24.1 Å². The van der Waals surface area contributed by atoms with E-state index in [0.29, 0.717) is 0 Å². The standard InChI is InChI=1S/C15H22N4O/c1-10-16-14-6-4-3-5-13(14)15(17-10)19-8-7-12(9-19)18-11(2)20/h12H,3-9H2,1-2H3,(H,18,20). The maximum absolute atomic E-state index is 11.2. The Balaban J connectivity index is 1.84. The van der Waals surface area contributed by atoms with Crippen molar-refractivity contribution in [3.8, 4) is 0 Å². The van der Waals surface area contributed by atoms with Crippen LogP contribution in [0.25, 0.3) is 0 Å². The van der Waals surface area contributed by atoms with Crippen molar-refractivity contribution < 1.29 is 4.79 Å². The molecular weight excluding hydrogens is 252 g/mol. The van der Waals surface area contributed by atoms with Gasteiger partial charge in [-0.25, -0.2) is 9.97 Å². The molecule has 0 radical (unpaired) electrons. The van der Waals surface area contributed by atoms with Gasteiger partial charge in [0.15, 0.2) is 0 Å². The molecule has 0 saturated carbocycles. The van der Waals surface area contributed by atoms with Crippen LogP contribution in [-0.2, 0) is 17.6 Å². The van der Waals surface area contributed by atoms with Crippen molar-refractivity contribution in [2.45, 2.75) is 52.0 Å². The fourth-order valence-corrected chi connectivity index (χ4v) is 3.31. The molecule has 1 atom stereocenters. The lowest BCUT2D eigenvalue weighted by molar-refractivity contribution is -0.119. The van der Waals surface area contributed by atoms with Gasteiger partial charge < -0.3 is 10.2 Å². The maximum Gasteiger partial charge on any atom is 0.217 e. The second-order valence-corrected chi connectivity index (χ2v) is 5.86. The summed E-state index contributed by atoms with van der Waals surface area (Å²) in [6.45, 7) is 5.38. The van der Waals surface area contributed by atoms with Crippen molar-refractivity contribution in [2.75, 3.05) is 18.0 Å². The Kier molecular flexibility index (Phi) is 3.59. The highest BCUT2D eigenvalue weighted by Crippen LogP contribution is 2.29. The SMILES string of the molecule is CC(=O)NC1CCN(c2nc(C)nc3c2CCCC3)C1. The van der Waals surface area contributed by atoms with E-state index < -0.39 is 0 Å². The molecule has 0 spiro atoms. The summed E-state index contributed by atoms with van der Waals surface area (Å²) in [6, 6.07) is 0.252. The highest BCUT2D eigenvalue weighted by atomic mass is 16.1. The van der Waals surface area contributed by atoms with Crippen LogP contribution < -0.4 is 10.2 Å². The summed E-state index contributed by atoms with van der Waals surface area (Å²) in [5, 5.41) is 3.01. The van der Waals surface area contributed by atoms with Gasteiger partial charge in [-0.05, 0) is 39.0 Å². The topological polar surface area (TPSA) is 58.1 Å². The molecule has 3 rings (SSSR count). The van der Waals surface area contributed by atoms with Gasteiger partial charge in [0.25, 0.3) is 0 Å². The first-order valence-electron chi connectivity index (χ1n) is 7.52. The minimum absolute atomic E-state index is 0.0535. The fourth-order valence-electron chi connectivity index (χ4n) is 3.31. The number of aromatic nitrogens is 2. The first-order chi connectivity index (χ1) is 9.63. The maximum atomic E-state index is 11.2. The smallest absolute Gasteiger partial charge is 0.217 e. The third-order valence-electron chi connectivity index (χ3n) is 4.17. The number of aryl methyl sites for hydroxylation is 2. The second kappa shape index (κ2) is 5.38. The molecule has 1 N–H and O–H groups in total. The number of rotatable bonds is 2. The van der Waals surface area contributed by atoms with E-state index in [2.05, 4.69) is 20.2 Å². The summed E-state index contributed by atoms with van der Waals surface area (Å²) in [5.41, 5.74) is 2.58. The lowest BCUT2D eigenvalue weighted by Gasteiger charge is -2.25. The molecule has 1 aliphatic heterocycles. The molecule has 0 bridgehead atoms. The normalized spacial score (nSPS) is 21.7. The Labute approximate surface area is 119 Å². The Bertz CT molecular complexity index is 529. The number of carbonyl (C=O) groups excluding carboxylic acids is 1. The van der Waals surface area contributed by atoms with Gasteiger partial charge in [0.2, 0.25) is 5.91 Å². The van der Waals surface area contributed by atoms with Gasteiger partial charge in [0.05, 0.1) is 0 Å². The number of hydrogen-bond acceptors (Lipinski definition) is 4. The van der Waals surface area contributed by atoms with Gasteiger partial charge in [-0.1, -0.05) is 0 Å². The van der Waals surface area contributed by atoms with Crippen molar-refractivity contribution in [3.63, 3.8) is 0 Å². The molecular formula is C15H22N4O. The van der Waals surface area contributed by atoms with Crippen molar-refractivity contribution in [2.24, 2.45) is 0 Å². The van der Waals surface area contributed by atoms with Crippen molar-refractivity contribution in [1.29, 1.82) is 0 Å². The van der Waals surface area contributed by atoms with Crippen LogP contribution in [0.4, 0.5) is 5.82 Å². The third-order valence-corrected chi connectivity index (χ3v) is 4.17. The Hall–Kier alpha value is -1.65. The van der Waals surface area contributed by atoms with Crippen LogP contribution in [0.3, 0.4) is 0 Å². The highest BCUT2D eigenvalue weighted by Gasteiger charge is 2.27. The van der Waals surface area contributed by atoms with Gasteiger partial charge in [-0.3, -0.25) is 4.79 Å². The average Bonchev–Trinajstić information content (AvgIpc) is 2.85. The highest BCUT2D eigenvalue weighted by molar-refractivity contribution is 5.73. The molecule has 1 unspecified atom stereocenters.